The largest absolute Gasteiger partial charge is 0.490 e. The maximum Gasteiger partial charge on any atom is 0.317 e. The van der Waals surface area contributed by atoms with Crippen molar-refractivity contribution in [3.05, 3.63) is 29.3 Å². The number of carbonyl (C=O) groups is 1. The third kappa shape index (κ3) is 4.78. The zero-order chi connectivity index (χ0) is 15.9. The van der Waals surface area contributed by atoms with Crippen LogP contribution in [0.25, 0.3) is 0 Å². The Labute approximate surface area is 136 Å². The third-order valence-electron chi connectivity index (χ3n) is 3.95. The molecule has 1 saturated carbocycles. The number of amides is 2. The molecule has 2 rings (SSSR count). The molecule has 0 radical (unpaired) electrons. The minimum atomic E-state index is -0.279. The van der Waals surface area contributed by atoms with Crippen LogP contribution in [0.15, 0.2) is 24.3 Å². The molecule has 0 aliphatic heterocycles. The number of rotatable bonds is 6. The van der Waals surface area contributed by atoms with Crippen molar-refractivity contribution in [2.45, 2.75) is 25.4 Å². The quantitative estimate of drug-likeness (QED) is 0.790. The van der Waals surface area contributed by atoms with Gasteiger partial charge in [-0.1, -0.05) is 30.2 Å². The van der Waals surface area contributed by atoms with Gasteiger partial charge in [0.05, 0.1) is 17.7 Å². The van der Waals surface area contributed by atoms with Crippen LogP contribution in [0.2, 0.25) is 5.02 Å². The highest BCUT2D eigenvalue weighted by Gasteiger charge is 2.27. The van der Waals surface area contributed by atoms with E-state index in [2.05, 4.69) is 5.32 Å². The molecule has 22 heavy (non-hydrogen) atoms. The number of aliphatic hydroxyl groups excluding tert-OH is 1. The van der Waals surface area contributed by atoms with Gasteiger partial charge in [0.25, 0.3) is 0 Å². The molecule has 0 unspecified atom stereocenters. The summed E-state index contributed by atoms with van der Waals surface area (Å²) in [5, 5.41) is 13.1. The number of hydrogen-bond donors (Lipinski definition) is 2. The fraction of sp³-hybridized carbons (Fsp3) is 0.562. The second kappa shape index (κ2) is 8.25. The van der Waals surface area contributed by atoms with E-state index in [9.17, 15) is 9.90 Å². The fourth-order valence-electron chi connectivity index (χ4n) is 2.68. The van der Waals surface area contributed by atoms with Crippen molar-refractivity contribution in [2.75, 3.05) is 26.7 Å². The molecule has 2 N–H and O–H groups in total. The van der Waals surface area contributed by atoms with Gasteiger partial charge in [-0.15, -0.1) is 0 Å². The van der Waals surface area contributed by atoms with Crippen molar-refractivity contribution in [2.24, 2.45) is 5.92 Å². The Morgan fingerprint density at radius 2 is 2.23 bits per heavy atom. The van der Waals surface area contributed by atoms with E-state index in [1.807, 2.05) is 12.1 Å². The first kappa shape index (κ1) is 16.9. The molecular weight excluding hydrogens is 304 g/mol. The third-order valence-corrected chi connectivity index (χ3v) is 4.26. The number of aliphatic hydroxyl groups is 1. The number of nitrogens with one attached hydrogen (secondary N) is 1. The SMILES string of the molecule is CN(C[C@@H]1CCC[C@H]1O)C(=O)NCCOc1ccccc1Cl. The smallest absolute Gasteiger partial charge is 0.317 e. The summed E-state index contributed by atoms with van der Waals surface area (Å²) >= 11 is 5.98. The Bertz CT molecular complexity index is 498. The standard InChI is InChI=1S/C16H23ClN2O3/c1-19(11-12-5-4-7-14(12)20)16(21)18-9-10-22-15-8-3-2-6-13(15)17/h2-3,6,8,12,14,20H,4-5,7,9-11H2,1H3,(H,18,21)/t12-,14+/m0/s1. The monoisotopic (exact) mass is 326 g/mol. The van der Waals surface area contributed by atoms with Gasteiger partial charge < -0.3 is 20.1 Å². The van der Waals surface area contributed by atoms with Crippen molar-refractivity contribution in [1.82, 2.24) is 10.2 Å². The molecule has 1 aromatic rings. The Hall–Kier alpha value is -1.46. The number of hydrogen-bond acceptors (Lipinski definition) is 3. The van der Waals surface area contributed by atoms with E-state index >= 15 is 0 Å². The molecule has 1 fully saturated rings. The van der Waals surface area contributed by atoms with Gasteiger partial charge in [0.15, 0.2) is 0 Å². The number of para-hydroxylation sites is 1. The van der Waals surface area contributed by atoms with Crippen LogP contribution in [0, 0.1) is 5.92 Å². The number of ether oxygens (including phenoxy) is 1. The minimum absolute atomic E-state index is 0.151. The first-order valence-corrected chi connectivity index (χ1v) is 8.00. The average molecular weight is 327 g/mol. The summed E-state index contributed by atoms with van der Waals surface area (Å²) in [6.07, 6.45) is 2.58. The van der Waals surface area contributed by atoms with Crippen molar-refractivity contribution in [1.29, 1.82) is 0 Å². The van der Waals surface area contributed by atoms with Crippen LogP contribution >= 0.6 is 11.6 Å². The Kier molecular flexibility index (Phi) is 6.34. The van der Waals surface area contributed by atoms with Crippen molar-refractivity contribution in [3.8, 4) is 5.75 Å². The second-order valence-electron chi connectivity index (χ2n) is 5.65. The lowest BCUT2D eigenvalue weighted by Crippen LogP contribution is -2.42. The van der Waals surface area contributed by atoms with E-state index in [0.29, 0.717) is 30.5 Å². The number of carbonyl (C=O) groups excluding carboxylic acids is 1. The highest BCUT2D eigenvalue weighted by Crippen LogP contribution is 2.26. The molecular formula is C16H23ClN2O3. The van der Waals surface area contributed by atoms with Crippen LogP contribution < -0.4 is 10.1 Å². The summed E-state index contributed by atoms with van der Waals surface area (Å²) in [6, 6.07) is 7.08. The highest BCUT2D eigenvalue weighted by molar-refractivity contribution is 6.32. The molecule has 0 spiro atoms. The number of halogens is 1. The molecule has 0 bridgehead atoms. The molecule has 1 aromatic carbocycles. The van der Waals surface area contributed by atoms with Gasteiger partial charge in [0.2, 0.25) is 0 Å². The van der Waals surface area contributed by atoms with Crippen LogP contribution in [0.3, 0.4) is 0 Å². The van der Waals surface area contributed by atoms with Crippen LogP contribution in [0.4, 0.5) is 4.79 Å². The Balaban J connectivity index is 1.66. The first-order chi connectivity index (χ1) is 10.6. The van der Waals surface area contributed by atoms with Gasteiger partial charge in [-0.25, -0.2) is 4.79 Å². The van der Waals surface area contributed by atoms with Crippen LogP contribution in [-0.2, 0) is 0 Å². The summed E-state index contributed by atoms with van der Waals surface area (Å²) < 4.78 is 5.51. The van der Waals surface area contributed by atoms with E-state index < -0.39 is 0 Å². The number of benzene rings is 1. The molecule has 0 saturated heterocycles. The molecule has 2 amide bonds. The Morgan fingerprint density at radius 3 is 2.91 bits per heavy atom. The Morgan fingerprint density at radius 1 is 1.45 bits per heavy atom. The molecule has 1 aliphatic rings. The lowest BCUT2D eigenvalue weighted by atomic mass is 10.1. The predicted octanol–water partition coefficient (Wildman–Crippen LogP) is 2.52. The molecule has 1 aliphatic carbocycles. The van der Waals surface area contributed by atoms with E-state index in [4.69, 9.17) is 16.3 Å². The van der Waals surface area contributed by atoms with Crippen molar-refractivity contribution >= 4 is 17.6 Å². The number of urea groups is 1. The summed E-state index contributed by atoms with van der Waals surface area (Å²) in [7, 11) is 1.75. The molecule has 6 heteroatoms. The lowest BCUT2D eigenvalue weighted by molar-refractivity contribution is 0.113. The molecule has 122 valence electrons. The average Bonchev–Trinajstić information content (AvgIpc) is 2.90. The van der Waals surface area contributed by atoms with E-state index in [1.54, 1.807) is 24.1 Å². The topological polar surface area (TPSA) is 61.8 Å². The van der Waals surface area contributed by atoms with Gasteiger partial charge in [-0.05, 0) is 25.0 Å². The molecule has 0 heterocycles. The minimum Gasteiger partial charge on any atom is -0.490 e. The van der Waals surface area contributed by atoms with Crippen LogP contribution in [-0.4, -0.2) is 48.9 Å². The van der Waals surface area contributed by atoms with Gasteiger partial charge in [0, 0.05) is 19.5 Å². The molecule has 2 atom stereocenters. The normalized spacial score (nSPS) is 20.7. The van der Waals surface area contributed by atoms with E-state index in [-0.39, 0.29) is 18.1 Å². The van der Waals surface area contributed by atoms with Crippen LogP contribution in [0.1, 0.15) is 19.3 Å². The van der Waals surface area contributed by atoms with Gasteiger partial charge >= 0.3 is 6.03 Å². The first-order valence-electron chi connectivity index (χ1n) is 7.62. The maximum absolute atomic E-state index is 12.0. The zero-order valence-electron chi connectivity index (χ0n) is 12.8. The molecule has 5 nitrogen and oxygen atoms in total. The van der Waals surface area contributed by atoms with Crippen LogP contribution in [0.5, 0.6) is 5.75 Å². The van der Waals surface area contributed by atoms with Gasteiger partial charge in [-0.3, -0.25) is 0 Å². The maximum atomic E-state index is 12.0. The van der Waals surface area contributed by atoms with Crippen molar-refractivity contribution in [3.63, 3.8) is 0 Å². The summed E-state index contributed by atoms with van der Waals surface area (Å²) in [5.74, 6) is 0.802. The summed E-state index contributed by atoms with van der Waals surface area (Å²) in [4.78, 5) is 13.6. The fourth-order valence-corrected chi connectivity index (χ4v) is 2.87. The van der Waals surface area contributed by atoms with E-state index in [1.165, 1.54) is 0 Å². The van der Waals surface area contributed by atoms with Gasteiger partial charge in [-0.2, -0.15) is 0 Å². The molecule has 0 aromatic heterocycles. The summed E-state index contributed by atoms with van der Waals surface area (Å²) in [5.41, 5.74) is 0. The number of nitrogens with zero attached hydrogens (tertiary/aromatic N) is 1. The van der Waals surface area contributed by atoms with Gasteiger partial charge in [0.1, 0.15) is 12.4 Å². The van der Waals surface area contributed by atoms with E-state index in [0.717, 1.165) is 19.3 Å². The lowest BCUT2D eigenvalue weighted by Gasteiger charge is -2.23. The summed E-state index contributed by atoms with van der Waals surface area (Å²) in [6.45, 7) is 1.34. The van der Waals surface area contributed by atoms with Crippen molar-refractivity contribution < 1.29 is 14.6 Å². The second-order valence-corrected chi connectivity index (χ2v) is 6.06. The predicted molar refractivity (Wildman–Crippen MR) is 86.3 cm³/mol. The highest BCUT2D eigenvalue weighted by atomic mass is 35.5. The zero-order valence-corrected chi connectivity index (χ0v) is 13.6.